The van der Waals surface area contributed by atoms with Gasteiger partial charge < -0.3 is 10.1 Å². The standard InChI is InChI=1S/C15H22N2O4/c1-10(2)13(15(19)17(3)21-5)16-14(18)11-8-6-7-9-12(11)20-4/h6-10,13H,1-5H3,(H,16,18). The van der Waals surface area contributed by atoms with Crippen LogP contribution in [0.4, 0.5) is 0 Å². The number of amides is 2. The topological polar surface area (TPSA) is 67.9 Å². The van der Waals surface area contributed by atoms with Crippen LogP contribution in [0.5, 0.6) is 5.75 Å². The average Bonchev–Trinajstić information content (AvgIpc) is 2.50. The highest BCUT2D eigenvalue weighted by Gasteiger charge is 2.28. The predicted octanol–water partition coefficient (Wildman–Crippen LogP) is 1.47. The minimum absolute atomic E-state index is 0.0752. The molecule has 0 fully saturated rings. The molecule has 1 unspecified atom stereocenters. The van der Waals surface area contributed by atoms with Crippen molar-refractivity contribution in [1.82, 2.24) is 10.4 Å². The van der Waals surface area contributed by atoms with E-state index in [-0.39, 0.29) is 17.7 Å². The van der Waals surface area contributed by atoms with Crippen LogP contribution in [0.25, 0.3) is 0 Å². The molecule has 116 valence electrons. The van der Waals surface area contributed by atoms with Gasteiger partial charge in [-0.15, -0.1) is 0 Å². The maximum atomic E-state index is 12.4. The van der Waals surface area contributed by atoms with Gasteiger partial charge in [0, 0.05) is 7.05 Å². The van der Waals surface area contributed by atoms with E-state index in [1.54, 1.807) is 24.3 Å². The Balaban J connectivity index is 2.94. The Morgan fingerprint density at radius 2 is 1.81 bits per heavy atom. The summed E-state index contributed by atoms with van der Waals surface area (Å²) in [5.41, 5.74) is 0.388. The number of hydrogen-bond donors (Lipinski definition) is 1. The molecule has 1 rings (SSSR count). The molecule has 1 atom stereocenters. The van der Waals surface area contributed by atoms with Gasteiger partial charge in [-0.1, -0.05) is 26.0 Å². The molecule has 1 aromatic rings. The zero-order valence-corrected chi connectivity index (χ0v) is 13.0. The van der Waals surface area contributed by atoms with Crippen LogP contribution in [0.1, 0.15) is 24.2 Å². The van der Waals surface area contributed by atoms with Crippen LogP contribution in [0.15, 0.2) is 24.3 Å². The minimum atomic E-state index is -0.674. The zero-order valence-electron chi connectivity index (χ0n) is 13.0. The van der Waals surface area contributed by atoms with Crippen molar-refractivity contribution in [1.29, 1.82) is 0 Å². The molecule has 0 spiro atoms. The van der Waals surface area contributed by atoms with Crippen LogP contribution < -0.4 is 10.1 Å². The third kappa shape index (κ3) is 4.19. The quantitative estimate of drug-likeness (QED) is 0.807. The first-order valence-electron chi connectivity index (χ1n) is 6.67. The molecule has 0 radical (unpaired) electrons. The monoisotopic (exact) mass is 294 g/mol. The molecule has 0 heterocycles. The summed E-state index contributed by atoms with van der Waals surface area (Å²) < 4.78 is 5.16. The smallest absolute Gasteiger partial charge is 0.268 e. The number of methoxy groups -OCH3 is 1. The van der Waals surface area contributed by atoms with Gasteiger partial charge in [0.2, 0.25) is 0 Å². The molecule has 1 aromatic carbocycles. The maximum absolute atomic E-state index is 12.4. The van der Waals surface area contributed by atoms with Gasteiger partial charge in [-0.25, -0.2) is 5.06 Å². The van der Waals surface area contributed by atoms with E-state index in [1.807, 2.05) is 13.8 Å². The summed E-state index contributed by atoms with van der Waals surface area (Å²) in [6, 6.07) is 6.19. The van der Waals surface area contributed by atoms with Crippen LogP contribution in [0.2, 0.25) is 0 Å². The number of nitrogens with zero attached hydrogens (tertiary/aromatic N) is 1. The van der Waals surface area contributed by atoms with Gasteiger partial charge in [0.1, 0.15) is 11.8 Å². The lowest BCUT2D eigenvalue weighted by Crippen LogP contribution is -2.49. The van der Waals surface area contributed by atoms with Crippen LogP contribution in [-0.4, -0.2) is 44.2 Å². The van der Waals surface area contributed by atoms with Crippen molar-refractivity contribution in [2.45, 2.75) is 19.9 Å². The second-order valence-corrected chi connectivity index (χ2v) is 4.91. The third-order valence-electron chi connectivity index (χ3n) is 3.16. The Bertz CT molecular complexity index is 502. The Morgan fingerprint density at radius 1 is 1.19 bits per heavy atom. The number of benzene rings is 1. The summed E-state index contributed by atoms with van der Waals surface area (Å²) in [7, 11) is 4.40. The highest BCUT2D eigenvalue weighted by atomic mass is 16.7. The number of hydroxylamine groups is 2. The number of likely N-dealkylation sites (N-methyl/N-ethyl adjacent to an activating group) is 1. The molecule has 0 saturated heterocycles. The number of rotatable bonds is 6. The van der Waals surface area contributed by atoms with E-state index in [0.717, 1.165) is 5.06 Å². The summed E-state index contributed by atoms with van der Waals surface area (Å²) >= 11 is 0. The number of para-hydroxylation sites is 1. The van der Waals surface area contributed by atoms with Gasteiger partial charge in [0.25, 0.3) is 11.8 Å². The van der Waals surface area contributed by atoms with Gasteiger partial charge >= 0.3 is 0 Å². The lowest BCUT2D eigenvalue weighted by atomic mass is 10.0. The van der Waals surface area contributed by atoms with Gasteiger partial charge in [-0.3, -0.25) is 14.4 Å². The highest BCUT2D eigenvalue weighted by molar-refractivity contribution is 5.99. The molecule has 0 saturated carbocycles. The van der Waals surface area contributed by atoms with Crippen molar-refractivity contribution in [3.63, 3.8) is 0 Å². The lowest BCUT2D eigenvalue weighted by Gasteiger charge is -2.25. The third-order valence-corrected chi connectivity index (χ3v) is 3.16. The molecule has 0 aromatic heterocycles. The second-order valence-electron chi connectivity index (χ2n) is 4.91. The predicted molar refractivity (Wildman–Crippen MR) is 78.9 cm³/mol. The zero-order chi connectivity index (χ0) is 16.0. The molecular weight excluding hydrogens is 272 g/mol. The number of ether oxygens (including phenoxy) is 1. The van der Waals surface area contributed by atoms with Crippen molar-refractivity contribution in [2.75, 3.05) is 21.3 Å². The van der Waals surface area contributed by atoms with E-state index in [2.05, 4.69) is 5.32 Å². The first-order chi connectivity index (χ1) is 9.92. The summed E-state index contributed by atoms with van der Waals surface area (Å²) in [4.78, 5) is 29.4. The Morgan fingerprint density at radius 3 is 2.33 bits per heavy atom. The van der Waals surface area contributed by atoms with Crippen LogP contribution in [0, 0.1) is 5.92 Å². The van der Waals surface area contributed by atoms with Gasteiger partial charge in [0.15, 0.2) is 0 Å². The summed E-state index contributed by atoms with van der Waals surface area (Å²) in [6.45, 7) is 3.71. The molecule has 0 aliphatic heterocycles. The van der Waals surface area contributed by atoms with Crippen molar-refractivity contribution in [3.8, 4) is 5.75 Å². The first-order valence-corrected chi connectivity index (χ1v) is 6.67. The molecule has 0 bridgehead atoms. The number of nitrogens with one attached hydrogen (secondary N) is 1. The molecule has 21 heavy (non-hydrogen) atoms. The molecule has 6 nitrogen and oxygen atoms in total. The summed E-state index contributed by atoms with van der Waals surface area (Å²) in [6.07, 6.45) is 0. The second kappa shape index (κ2) is 7.64. The van der Waals surface area contributed by atoms with Crippen molar-refractivity contribution in [3.05, 3.63) is 29.8 Å². The molecule has 0 aliphatic carbocycles. The van der Waals surface area contributed by atoms with Crippen molar-refractivity contribution < 1.29 is 19.2 Å². The van der Waals surface area contributed by atoms with Crippen LogP contribution in [0.3, 0.4) is 0 Å². The fourth-order valence-corrected chi connectivity index (χ4v) is 1.85. The highest BCUT2D eigenvalue weighted by Crippen LogP contribution is 2.18. The normalized spacial score (nSPS) is 11.9. The fourth-order valence-electron chi connectivity index (χ4n) is 1.85. The Labute approximate surface area is 125 Å². The Hall–Kier alpha value is -2.08. The van der Waals surface area contributed by atoms with Gasteiger partial charge in [-0.2, -0.15) is 0 Å². The largest absolute Gasteiger partial charge is 0.496 e. The van der Waals surface area contributed by atoms with Crippen molar-refractivity contribution in [2.24, 2.45) is 5.92 Å². The number of hydrogen-bond acceptors (Lipinski definition) is 4. The van der Waals surface area contributed by atoms with E-state index in [9.17, 15) is 9.59 Å². The van der Waals surface area contributed by atoms with Crippen LogP contribution >= 0.6 is 0 Å². The minimum Gasteiger partial charge on any atom is -0.496 e. The average molecular weight is 294 g/mol. The fraction of sp³-hybridized carbons (Fsp3) is 0.467. The number of carbonyl (C=O) groups is 2. The molecule has 0 aliphatic rings. The van der Waals surface area contributed by atoms with Crippen molar-refractivity contribution >= 4 is 11.8 Å². The first kappa shape index (κ1) is 17.0. The molecule has 6 heteroatoms. The SMILES string of the molecule is COc1ccccc1C(=O)NC(C(=O)N(C)OC)C(C)C. The van der Waals surface area contributed by atoms with E-state index >= 15 is 0 Å². The molecular formula is C15H22N2O4. The number of carbonyl (C=O) groups excluding carboxylic acids is 2. The van der Waals surface area contributed by atoms with E-state index < -0.39 is 6.04 Å². The maximum Gasteiger partial charge on any atom is 0.268 e. The van der Waals surface area contributed by atoms with Crippen LogP contribution in [-0.2, 0) is 9.63 Å². The summed E-state index contributed by atoms with van der Waals surface area (Å²) in [5.74, 6) is -0.279. The molecule has 2 amide bonds. The Kier molecular flexibility index (Phi) is 6.17. The van der Waals surface area contributed by atoms with E-state index in [0.29, 0.717) is 11.3 Å². The van der Waals surface area contributed by atoms with E-state index in [1.165, 1.54) is 21.3 Å². The van der Waals surface area contributed by atoms with E-state index in [4.69, 9.17) is 9.57 Å². The molecule has 1 N–H and O–H groups in total. The van der Waals surface area contributed by atoms with Gasteiger partial charge in [-0.05, 0) is 18.1 Å². The van der Waals surface area contributed by atoms with Gasteiger partial charge in [0.05, 0.1) is 19.8 Å². The summed E-state index contributed by atoms with van der Waals surface area (Å²) in [5, 5.41) is 3.84. The lowest BCUT2D eigenvalue weighted by molar-refractivity contribution is -0.171.